The van der Waals surface area contributed by atoms with Crippen LogP contribution in [0.2, 0.25) is 0 Å². The first-order chi connectivity index (χ1) is 13.9. The van der Waals surface area contributed by atoms with Crippen LogP contribution in [0.1, 0.15) is 23.0 Å². The Labute approximate surface area is 171 Å². The second-order valence-electron chi connectivity index (χ2n) is 7.12. The maximum absolute atomic E-state index is 13.0. The molecule has 0 unspecified atom stereocenters. The molecular formula is C22H27N5O2. The summed E-state index contributed by atoms with van der Waals surface area (Å²) in [5.41, 5.74) is 2.97. The Kier molecular flexibility index (Phi) is 6.16. The molecule has 7 nitrogen and oxygen atoms in total. The van der Waals surface area contributed by atoms with Gasteiger partial charge in [-0.05, 0) is 18.6 Å². The number of carbonyl (C=O) groups excluding carboxylic acids is 1. The number of fused-ring (bicyclic) bond motifs is 1. The van der Waals surface area contributed by atoms with Gasteiger partial charge in [-0.15, -0.1) is 0 Å². The Hall–Kier alpha value is -3.35. The van der Waals surface area contributed by atoms with E-state index in [1.54, 1.807) is 19.5 Å². The Morgan fingerprint density at radius 2 is 1.90 bits per heavy atom. The monoisotopic (exact) mass is 393 g/mol. The lowest BCUT2D eigenvalue weighted by molar-refractivity contribution is 0.0516. The van der Waals surface area contributed by atoms with Crippen LogP contribution >= 0.6 is 0 Å². The number of aromatic nitrogens is 2. The second-order valence-corrected chi connectivity index (χ2v) is 7.12. The fourth-order valence-corrected chi connectivity index (χ4v) is 3.23. The molecule has 0 radical (unpaired) electrons. The van der Waals surface area contributed by atoms with Crippen LogP contribution in [-0.2, 0) is 11.3 Å². The van der Waals surface area contributed by atoms with Crippen molar-refractivity contribution >= 4 is 34.7 Å². The van der Waals surface area contributed by atoms with Crippen LogP contribution in [-0.4, -0.2) is 61.6 Å². The van der Waals surface area contributed by atoms with Crippen LogP contribution in [0.15, 0.2) is 47.6 Å². The number of carbonyl (C=O) groups is 1. The van der Waals surface area contributed by atoms with Crippen molar-refractivity contribution in [3.8, 4) is 0 Å². The number of anilines is 1. The van der Waals surface area contributed by atoms with E-state index in [0.717, 1.165) is 22.3 Å². The van der Waals surface area contributed by atoms with E-state index in [9.17, 15) is 4.79 Å². The quantitative estimate of drug-likeness (QED) is 0.349. The van der Waals surface area contributed by atoms with Gasteiger partial charge in [0.1, 0.15) is 11.5 Å². The minimum absolute atomic E-state index is 0.293. The first-order valence-corrected chi connectivity index (χ1v) is 9.54. The average Bonchev–Trinajstić information content (AvgIpc) is 3.00. The molecule has 0 amide bonds. The second kappa shape index (κ2) is 8.77. The third-order valence-electron chi connectivity index (χ3n) is 4.42. The molecule has 0 N–H and O–H groups in total. The van der Waals surface area contributed by atoms with Crippen LogP contribution in [0.5, 0.6) is 0 Å². The van der Waals surface area contributed by atoms with Gasteiger partial charge in [-0.1, -0.05) is 30.3 Å². The van der Waals surface area contributed by atoms with Crippen LogP contribution in [0.25, 0.3) is 10.9 Å². The van der Waals surface area contributed by atoms with Gasteiger partial charge in [0.15, 0.2) is 5.69 Å². The molecule has 0 aliphatic rings. The molecule has 0 fully saturated rings. The lowest BCUT2D eigenvalue weighted by Gasteiger charge is -2.13. The number of benzene rings is 1. The standard InChI is InChI=1S/C22H27N5O2/c1-6-29-22(28)20-19(24-15-25(2)3)18-17(12-13-23-21(18)26(4)5)27(20)14-16-10-8-7-9-11-16/h7-13,15H,6,14H2,1-5H3. The van der Waals surface area contributed by atoms with E-state index < -0.39 is 5.97 Å². The van der Waals surface area contributed by atoms with Crippen molar-refractivity contribution in [3.63, 3.8) is 0 Å². The molecule has 0 bridgehead atoms. The van der Waals surface area contributed by atoms with Crippen molar-refractivity contribution in [3.05, 3.63) is 53.9 Å². The van der Waals surface area contributed by atoms with Crippen LogP contribution in [0, 0.1) is 0 Å². The zero-order valence-corrected chi connectivity index (χ0v) is 17.6. The first kappa shape index (κ1) is 20.4. The fourth-order valence-electron chi connectivity index (χ4n) is 3.23. The van der Waals surface area contributed by atoms with E-state index in [0.29, 0.717) is 24.5 Å². The third-order valence-corrected chi connectivity index (χ3v) is 4.42. The summed E-state index contributed by atoms with van der Waals surface area (Å²) >= 11 is 0. The molecule has 2 aromatic heterocycles. The largest absolute Gasteiger partial charge is 0.461 e. The molecule has 7 heteroatoms. The van der Waals surface area contributed by atoms with Gasteiger partial charge in [0.2, 0.25) is 0 Å². The zero-order valence-electron chi connectivity index (χ0n) is 17.6. The smallest absolute Gasteiger partial charge is 0.357 e. The van der Waals surface area contributed by atoms with E-state index in [4.69, 9.17) is 4.74 Å². The summed E-state index contributed by atoms with van der Waals surface area (Å²) in [6.07, 6.45) is 3.45. The van der Waals surface area contributed by atoms with E-state index in [2.05, 4.69) is 9.98 Å². The third kappa shape index (κ3) is 4.23. The van der Waals surface area contributed by atoms with Gasteiger partial charge in [0.05, 0.1) is 23.8 Å². The van der Waals surface area contributed by atoms with Crippen molar-refractivity contribution in [2.45, 2.75) is 13.5 Å². The summed E-state index contributed by atoms with van der Waals surface area (Å²) in [5, 5.41) is 0.828. The van der Waals surface area contributed by atoms with E-state index in [1.165, 1.54) is 0 Å². The molecule has 0 spiro atoms. The highest BCUT2D eigenvalue weighted by molar-refractivity contribution is 6.10. The minimum atomic E-state index is -0.393. The van der Waals surface area contributed by atoms with Gasteiger partial charge in [0.25, 0.3) is 0 Å². The van der Waals surface area contributed by atoms with Crippen LogP contribution in [0.3, 0.4) is 0 Å². The summed E-state index contributed by atoms with van der Waals surface area (Å²) in [7, 11) is 7.64. The summed E-state index contributed by atoms with van der Waals surface area (Å²) in [6.45, 7) is 2.62. The number of pyridine rings is 1. The molecule has 152 valence electrons. The Morgan fingerprint density at radius 1 is 1.17 bits per heavy atom. The average molecular weight is 393 g/mol. The number of hydrogen-bond acceptors (Lipinski definition) is 5. The number of aliphatic imine (C=N–C) groups is 1. The van der Waals surface area contributed by atoms with Crippen LogP contribution < -0.4 is 4.90 Å². The van der Waals surface area contributed by atoms with Gasteiger partial charge in [-0.2, -0.15) is 0 Å². The molecule has 1 aromatic carbocycles. The lowest BCUT2D eigenvalue weighted by atomic mass is 10.2. The first-order valence-electron chi connectivity index (χ1n) is 9.54. The number of hydrogen-bond donors (Lipinski definition) is 0. The van der Waals surface area contributed by atoms with E-state index in [1.807, 2.05) is 79.0 Å². The summed E-state index contributed by atoms with van der Waals surface area (Å²) in [4.78, 5) is 26.0. The number of nitrogens with zero attached hydrogens (tertiary/aromatic N) is 5. The Morgan fingerprint density at radius 3 is 2.52 bits per heavy atom. The Bertz CT molecular complexity index is 1020. The number of rotatable bonds is 7. The molecule has 0 atom stereocenters. The maximum atomic E-state index is 13.0. The van der Waals surface area contributed by atoms with Gasteiger partial charge in [-0.25, -0.2) is 14.8 Å². The highest BCUT2D eigenvalue weighted by Gasteiger charge is 2.26. The molecule has 0 aliphatic heterocycles. The van der Waals surface area contributed by atoms with Gasteiger partial charge >= 0.3 is 5.97 Å². The van der Waals surface area contributed by atoms with Gasteiger partial charge in [0, 0.05) is 40.9 Å². The minimum Gasteiger partial charge on any atom is -0.461 e. The van der Waals surface area contributed by atoms with E-state index in [-0.39, 0.29) is 0 Å². The van der Waals surface area contributed by atoms with Gasteiger partial charge in [-0.3, -0.25) is 0 Å². The zero-order chi connectivity index (χ0) is 21.0. The molecule has 0 saturated carbocycles. The molecular weight excluding hydrogens is 366 g/mol. The molecule has 0 saturated heterocycles. The summed E-state index contributed by atoms with van der Waals surface area (Å²) in [6, 6.07) is 12.0. The topological polar surface area (TPSA) is 63.0 Å². The van der Waals surface area contributed by atoms with Crippen molar-refractivity contribution in [1.82, 2.24) is 14.5 Å². The fraction of sp³-hybridized carbons (Fsp3) is 0.318. The predicted octanol–water partition coefficient (Wildman–Crippen LogP) is 3.55. The van der Waals surface area contributed by atoms with Crippen molar-refractivity contribution in [2.24, 2.45) is 4.99 Å². The number of ether oxygens (including phenoxy) is 1. The van der Waals surface area contributed by atoms with Crippen molar-refractivity contribution in [2.75, 3.05) is 39.7 Å². The summed E-state index contributed by atoms with van der Waals surface area (Å²) in [5.74, 6) is 0.362. The van der Waals surface area contributed by atoms with E-state index >= 15 is 0 Å². The van der Waals surface area contributed by atoms with Crippen molar-refractivity contribution < 1.29 is 9.53 Å². The molecule has 29 heavy (non-hydrogen) atoms. The molecule has 0 aliphatic carbocycles. The SMILES string of the molecule is CCOC(=O)c1c(N=CN(C)C)c2c(N(C)C)nccc2n1Cc1ccccc1. The number of esters is 1. The predicted molar refractivity (Wildman–Crippen MR) is 117 cm³/mol. The van der Waals surface area contributed by atoms with Crippen molar-refractivity contribution in [1.29, 1.82) is 0 Å². The molecule has 3 aromatic rings. The highest BCUT2D eigenvalue weighted by atomic mass is 16.5. The molecule has 2 heterocycles. The van der Waals surface area contributed by atoms with Gasteiger partial charge < -0.3 is 19.1 Å². The normalized spacial score (nSPS) is 11.2. The molecule has 3 rings (SSSR count). The highest BCUT2D eigenvalue weighted by Crippen LogP contribution is 2.39. The Balaban J connectivity index is 2.35. The maximum Gasteiger partial charge on any atom is 0.357 e. The lowest BCUT2D eigenvalue weighted by Crippen LogP contribution is -2.13. The summed E-state index contributed by atoms with van der Waals surface area (Å²) < 4.78 is 7.37. The van der Waals surface area contributed by atoms with Crippen LogP contribution in [0.4, 0.5) is 11.5 Å².